The number of hydrogen-bond donors (Lipinski definition) is 1. The molecule has 1 aromatic carbocycles. The van der Waals surface area contributed by atoms with Crippen molar-refractivity contribution in [2.45, 2.75) is 53.6 Å². The second-order valence-electron chi connectivity index (χ2n) is 6.28. The summed E-state index contributed by atoms with van der Waals surface area (Å²) >= 11 is 0. The summed E-state index contributed by atoms with van der Waals surface area (Å²) in [7, 11) is 0. The van der Waals surface area contributed by atoms with E-state index in [0.717, 1.165) is 12.3 Å². The SMILES string of the molecule is CC(C)Oc1ccc(NCCCC(C)(C)C)cc1. The summed E-state index contributed by atoms with van der Waals surface area (Å²) in [5.74, 6) is 0.935. The molecule has 0 radical (unpaired) electrons. The van der Waals surface area contributed by atoms with Gasteiger partial charge in [-0.25, -0.2) is 0 Å². The van der Waals surface area contributed by atoms with Crippen LogP contribution in [0.3, 0.4) is 0 Å². The van der Waals surface area contributed by atoms with Crippen molar-refractivity contribution in [3.63, 3.8) is 0 Å². The Kier molecular flexibility index (Phi) is 5.52. The minimum atomic E-state index is 0.232. The van der Waals surface area contributed by atoms with Crippen LogP contribution in [-0.4, -0.2) is 12.6 Å². The molecule has 0 amide bonds. The summed E-state index contributed by atoms with van der Waals surface area (Å²) in [6, 6.07) is 8.20. The maximum atomic E-state index is 5.61. The highest BCUT2D eigenvalue weighted by molar-refractivity contribution is 5.46. The van der Waals surface area contributed by atoms with E-state index in [9.17, 15) is 0 Å². The van der Waals surface area contributed by atoms with E-state index in [2.05, 4.69) is 38.2 Å². The Morgan fingerprint density at radius 2 is 1.72 bits per heavy atom. The molecule has 0 atom stereocenters. The molecule has 0 aliphatic carbocycles. The lowest BCUT2D eigenvalue weighted by Crippen LogP contribution is -2.09. The van der Waals surface area contributed by atoms with Crippen LogP contribution < -0.4 is 10.1 Å². The average Bonchev–Trinajstić information content (AvgIpc) is 2.24. The van der Waals surface area contributed by atoms with Crippen LogP contribution in [0.15, 0.2) is 24.3 Å². The summed E-state index contributed by atoms with van der Waals surface area (Å²) in [4.78, 5) is 0. The number of benzene rings is 1. The first-order valence-corrected chi connectivity index (χ1v) is 6.87. The zero-order valence-electron chi connectivity index (χ0n) is 12.4. The number of rotatable bonds is 6. The van der Waals surface area contributed by atoms with Crippen molar-refractivity contribution in [3.05, 3.63) is 24.3 Å². The van der Waals surface area contributed by atoms with Crippen molar-refractivity contribution < 1.29 is 4.74 Å². The molecule has 0 spiro atoms. The van der Waals surface area contributed by atoms with Crippen LogP contribution in [0.1, 0.15) is 47.5 Å². The second kappa shape index (κ2) is 6.67. The molecule has 0 saturated heterocycles. The molecule has 0 aliphatic rings. The molecule has 1 N–H and O–H groups in total. The van der Waals surface area contributed by atoms with Gasteiger partial charge < -0.3 is 10.1 Å². The van der Waals surface area contributed by atoms with Gasteiger partial charge in [-0.1, -0.05) is 20.8 Å². The number of ether oxygens (including phenoxy) is 1. The highest BCUT2D eigenvalue weighted by Gasteiger charge is 2.08. The van der Waals surface area contributed by atoms with E-state index in [1.807, 2.05) is 26.0 Å². The molecular weight excluding hydrogens is 222 g/mol. The largest absolute Gasteiger partial charge is 0.491 e. The van der Waals surface area contributed by atoms with Gasteiger partial charge >= 0.3 is 0 Å². The van der Waals surface area contributed by atoms with E-state index >= 15 is 0 Å². The predicted molar refractivity (Wildman–Crippen MR) is 79.4 cm³/mol. The smallest absolute Gasteiger partial charge is 0.119 e. The molecule has 0 heterocycles. The standard InChI is InChI=1S/C16H27NO/c1-13(2)18-15-9-7-14(8-10-15)17-12-6-11-16(3,4)5/h7-10,13,17H,6,11-12H2,1-5H3. The Hall–Kier alpha value is -1.18. The van der Waals surface area contributed by atoms with Gasteiger partial charge in [0.25, 0.3) is 0 Å². The minimum absolute atomic E-state index is 0.232. The van der Waals surface area contributed by atoms with Crippen LogP contribution in [0.5, 0.6) is 5.75 Å². The first kappa shape index (κ1) is 14.9. The van der Waals surface area contributed by atoms with Crippen LogP contribution in [0.25, 0.3) is 0 Å². The van der Waals surface area contributed by atoms with E-state index in [0.29, 0.717) is 5.41 Å². The molecule has 0 aliphatic heterocycles. The number of hydrogen-bond acceptors (Lipinski definition) is 2. The van der Waals surface area contributed by atoms with E-state index in [-0.39, 0.29) is 6.10 Å². The van der Waals surface area contributed by atoms with Gasteiger partial charge in [0.05, 0.1) is 6.10 Å². The Labute approximate surface area is 112 Å². The van der Waals surface area contributed by atoms with Crippen molar-refractivity contribution in [1.82, 2.24) is 0 Å². The lowest BCUT2D eigenvalue weighted by atomic mass is 9.91. The third-order valence-electron chi connectivity index (χ3n) is 2.66. The topological polar surface area (TPSA) is 21.3 Å². The van der Waals surface area contributed by atoms with Gasteiger partial charge in [-0.3, -0.25) is 0 Å². The summed E-state index contributed by atoms with van der Waals surface area (Å²) < 4.78 is 5.61. The van der Waals surface area contributed by atoms with Crippen molar-refractivity contribution in [3.8, 4) is 5.75 Å². The highest BCUT2D eigenvalue weighted by atomic mass is 16.5. The van der Waals surface area contributed by atoms with Crippen molar-refractivity contribution >= 4 is 5.69 Å². The molecule has 102 valence electrons. The molecule has 2 nitrogen and oxygen atoms in total. The summed E-state index contributed by atoms with van der Waals surface area (Å²) in [6.45, 7) is 12.0. The van der Waals surface area contributed by atoms with Gasteiger partial charge in [0.2, 0.25) is 0 Å². The van der Waals surface area contributed by atoms with Crippen LogP contribution in [-0.2, 0) is 0 Å². The van der Waals surface area contributed by atoms with E-state index in [4.69, 9.17) is 4.74 Å². The molecular formula is C16H27NO. The lowest BCUT2D eigenvalue weighted by molar-refractivity contribution is 0.242. The highest BCUT2D eigenvalue weighted by Crippen LogP contribution is 2.21. The Balaban J connectivity index is 2.31. The molecule has 18 heavy (non-hydrogen) atoms. The van der Waals surface area contributed by atoms with E-state index in [1.165, 1.54) is 18.5 Å². The van der Waals surface area contributed by atoms with E-state index < -0.39 is 0 Å². The summed E-state index contributed by atoms with van der Waals surface area (Å²) in [5.41, 5.74) is 1.59. The van der Waals surface area contributed by atoms with Gasteiger partial charge in [0, 0.05) is 12.2 Å². The minimum Gasteiger partial charge on any atom is -0.491 e. The van der Waals surface area contributed by atoms with Gasteiger partial charge in [0.1, 0.15) is 5.75 Å². The van der Waals surface area contributed by atoms with Crippen molar-refractivity contribution in [2.75, 3.05) is 11.9 Å². The van der Waals surface area contributed by atoms with Gasteiger partial charge in [-0.05, 0) is 56.4 Å². The summed E-state index contributed by atoms with van der Waals surface area (Å²) in [6.07, 6.45) is 2.68. The van der Waals surface area contributed by atoms with Crippen LogP contribution in [0, 0.1) is 5.41 Å². The van der Waals surface area contributed by atoms with Crippen molar-refractivity contribution in [2.24, 2.45) is 5.41 Å². The zero-order valence-corrected chi connectivity index (χ0v) is 12.4. The van der Waals surface area contributed by atoms with Gasteiger partial charge in [-0.15, -0.1) is 0 Å². The first-order chi connectivity index (χ1) is 8.37. The maximum Gasteiger partial charge on any atom is 0.119 e. The van der Waals surface area contributed by atoms with Crippen molar-refractivity contribution in [1.29, 1.82) is 0 Å². The second-order valence-corrected chi connectivity index (χ2v) is 6.28. The van der Waals surface area contributed by atoms with Crippen LogP contribution >= 0.6 is 0 Å². The normalized spacial score (nSPS) is 11.7. The molecule has 0 fully saturated rings. The zero-order chi connectivity index (χ0) is 13.6. The first-order valence-electron chi connectivity index (χ1n) is 6.87. The molecule has 0 unspecified atom stereocenters. The summed E-state index contributed by atoms with van der Waals surface area (Å²) in [5, 5.41) is 3.44. The quantitative estimate of drug-likeness (QED) is 0.737. The third kappa shape index (κ3) is 6.53. The monoisotopic (exact) mass is 249 g/mol. The van der Waals surface area contributed by atoms with Gasteiger partial charge in [0.15, 0.2) is 0 Å². The molecule has 0 saturated carbocycles. The third-order valence-corrected chi connectivity index (χ3v) is 2.66. The average molecular weight is 249 g/mol. The predicted octanol–water partition coefficient (Wildman–Crippen LogP) is 4.71. The fourth-order valence-electron chi connectivity index (χ4n) is 1.77. The van der Waals surface area contributed by atoms with E-state index in [1.54, 1.807) is 0 Å². The molecule has 2 heteroatoms. The Morgan fingerprint density at radius 1 is 1.11 bits per heavy atom. The number of nitrogens with one attached hydrogen (secondary N) is 1. The molecule has 0 bridgehead atoms. The van der Waals surface area contributed by atoms with Crippen LogP contribution in [0.4, 0.5) is 5.69 Å². The molecule has 0 aromatic heterocycles. The fraction of sp³-hybridized carbons (Fsp3) is 0.625. The lowest BCUT2D eigenvalue weighted by Gasteiger charge is -2.18. The molecule has 1 aromatic rings. The Morgan fingerprint density at radius 3 is 2.22 bits per heavy atom. The number of anilines is 1. The Bertz CT molecular complexity index is 335. The fourth-order valence-corrected chi connectivity index (χ4v) is 1.77. The molecule has 1 rings (SSSR count). The van der Waals surface area contributed by atoms with Crippen LogP contribution in [0.2, 0.25) is 0 Å². The maximum absolute atomic E-state index is 5.61. The van der Waals surface area contributed by atoms with Gasteiger partial charge in [-0.2, -0.15) is 0 Å².